The van der Waals surface area contributed by atoms with Crippen molar-refractivity contribution in [1.29, 1.82) is 0 Å². The number of hydrogen-bond donors (Lipinski definition) is 1. The van der Waals surface area contributed by atoms with Crippen LogP contribution in [0.25, 0.3) is 0 Å². The number of nitro benzene ring substituents is 2. The topological polar surface area (TPSA) is 174 Å². The summed E-state index contributed by atoms with van der Waals surface area (Å²) in [5.41, 5.74) is 2.00. The van der Waals surface area contributed by atoms with E-state index in [1.807, 2.05) is 0 Å². The third-order valence-electron chi connectivity index (χ3n) is 5.14. The van der Waals surface area contributed by atoms with E-state index in [-0.39, 0.29) is 22.5 Å². The van der Waals surface area contributed by atoms with Gasteiger partial charge in [0.2, 0.25) is 0 Å². The third kappa shape index (κ3) is 6.24. The number of nitrogens with zero attached hydrogens (tertiary/aromatic N) is 4. The molecule has 0 aliphatic carbocycles. The zero-order valence-corrected chi connectivity index (χ0v) is 20.4. The molecule has 0 unspecified atom stereocenters. The van der Waals surface area contributed by atoms with Crippen molar-refractivity contribution in [3.63, 3.8) is 0 Å². The highest BCUT2D eigenvalue weighted by Crippen LogP contribution is 2.29. The lowest BCUT2D eigenvalue weighted by Gasteiger charge is -2.24. The second kappa shape index (κ2) is 11.3. The van der Waals surface area contributed by atoms with E-state index in [0.29, 0.717) is 5.75 Å². The fraction of sp³-hybridized carbons (Fsp3) is 0.130. The van der Waals surface area contributed by atoms with Crippen LogP contribution in [-0.2, 0) is 14.8 Å². The molecule has 0 spiro atoms. The molecule has 14 heteroatoms. The first-order chi connectivity index (χ1) is 17.5. The van der Waals surface area contributed by atoms with Crippen LogP contribution in [0.1, 0.15) is 11.1 Å². The molecule has 0 aromatic heterocycles. The molecular weight excluding hydrogens is 506 g/mol. The number of carbonyl (C=O) groups excluding carboxylic acids is 1. The molecule has 0 aliphatic heterocycles. The van der Waals surface area contributed by atoms with Crippen LogP contribution in [0.3, 0.4) is 0 Å². The van der Waals surface area contributed by atoms with E-state index in [0.717, 1.165) is 16.6 Å². The van der Waals surface area contributed by atoms with Gasteiger partial charge < -0.3 is 4.74 Å². The molecule has 0 heterocycles. The van der Waals surface area contributed by atoms with Gasteiger partial charge in [0.25, 0.3) is 27.3 Å². The molecule has 3 aromatic rings. The number of carbonyl (C=O) groups is 1. The summed E-state index contributed by atoms with van der Waals surface area (Å²) in [5, 5.41) is 26.2. The SMILES string of the molecule is COc1ccc(N(CC(=O)N/N=C\c2ccccc2[N+](=O)[O-])S(=O)(=O)c2ccc(C)c([N+](=O)[O-])c2)cc1. The van der Waals surface area contributed by atoms with E-state index >= 15 is 0 Å². The van der Waals surface area contributed by atoms with E-state index in [9.17, 15) is 33.4 Å². The van der Waals surface area contributed by atoms with Gasteiger partial charge in [-0.3, -0.25) is 29.3 Å². The predicted octanol–water partition coefficient (Wildman–Crippen LogP) is 3.17. The molecule has 192 valence electrons. The summed E-state index contributed by atoms with van der Waals surface area (Å²) in [5.74, 6) is -0.429. The van der Waals surface area contributed by atoms with Crippen LogP contribution in [0.15, 0.2) is 76.7 Å². The van der Waals surface area contributed by atoms with Gasteiger partial charge in [0.05, 0.1) is 39.3 Å². The van der Waals surface area contributed by atoms with Gasteiger partial charge in [-0.05, 0) is 43.3 Å². The zero-order chi connectivity index (χ0) is 27.2. The van der Waals surface area contributed by atoms with Gasteiger partial charge in [-0.15, -0.1) is 0 Å². The normalized spacial score (nSPS) is 11.2. The number of nitrogens with one attached hydrogen (secondary N) is 1. The fourth-order valence-corrected chi connectivity index (χ4v) is 4.68. The van der Waals surface area contributed by atoms with Crippen LogP contribution < -0.4 is 14.5 Å². The number of amides is 1. The molecule has 0 fully saturated rings. The Labute approximate surface area is 211 Å². The van der Waals surface area contributed by atoms with Crippen molar-refractivity contribution in [3.8, 4) is 5.75 Å². The van der Waals surface area contributed by atoms with Crippen LogP contribution in [-0.4, -0.2) is 44.0 Å². The number of para-hydroxylation sites is 1. The second-order valence-corrected chi connectivity index (χ2v) is 9.39. The van der Waals surface area contributed by atoms with Crippen molar-refractivity contribution >= 4 is 39.2 Å². The Bertz CT molecular complexity index is 1470. The Morgan fingerprint density at radius 1 is 1.03 bits per heavy atom. The standard InChI is InChI=1S/C23H21N5O8S/c1-16-7-12-20(13-22(16)28(32)33)37(34,35)26(18-8-10-19(36-2)11-9-18)15-23(29)25-24-14-17-5-3-4-6-21(17)27(30)31/h3-14H,15H2,1-2H3,(H,25,29)/b24-14-. The largest absolute Gasteiger partial charge is 0.497 e. The number of hydrazone groups is 1. The maximum Gasteiger partial charge on any atom is 0.278 e. The van der Waals surface area contributed by atoms with Crippen LogP contribution in [0.4, 0.5) is 17.1 Å². The molecular formula is C23H21N5O8S. The van der Waals surface area contributed by atoms with Gasteiger partial charge in [0.1, 0.15) is 12.3 Å². The van der Waals surface area contributed by atoms with Gasteiger partial charge in [-0.25, -0.2) is 13.8 Å². The number of methoxy groups -OCH3 is 1. The van der Waals surface area contributed by atoms with Gasteiger partial charge in [0.15, 0.2) is 0 Å². The lowest BCUT2D eigenvalue weighted by Crippen LogP contribution is -2.39. The highest BCUT2D eigenvalue weighted by molar-refractivity contribution is 7.92. The summed E-state index contributed by atoms with van der Waals surface area (Å²) in [4.78, 5) is 33.5. The number of ether oxygens (including phenoxy) is 1. The number of sulfonamides is 1. The average molecular weight is 528 g/mol. The summed E-state index contributed by atoms with van der Waals surface area (Å²) in [7, 11) is -3.02. The van der Waals surface area contributed by atoms with Crippen molar-refractivity contribution in [2.75, 3.05) is 18.0 Å². The molecule has 0 saturated heterocycles. The highest BCUT2D eigenvalue weighted by atomic mass is 32.2. The summed E-state index contributed by atoms with van der Waals surface area (Å²) in [6.45, 7) is 0.725. The van der Waals surface area contributed by atoms with E-state index in [1.54, 1.807) is 6.07 Å². The van der Waals surface area contributed by atoms with Crippen molar-refractivity contribution in [2.24, 2.45) is 5.10 Å². The first-order valence-electron chi connectivity index (χ1n) is 10.5. The van der Waals surface area contributed by atoms with E-state index in [2.05, 4.69) is 10.5 Å². The maximum atomic E-state index is 13.5. The lowest BCUT2D eigenvalue weighted by molar-refractivity contribution is -0.385. The smallest absolute Gasteiger partial charge is 0.278 e. The molecule has 0 radical (unpaired) electrons. The number of anilines is 1. The van der Waals surface area contributed by atoms with Crippen LogP contribution in [0, 0.1) is 27.2 Å². The average Bonchev–Trinajstić information content (AvgIpc) is 2.87. The van der Waals surface area contributed by atoms with Gasteiger partial charge >= 0.3 is 0 Å². The van der Waals surface area contributed by atoms with Crippen molar-refractivity contribution in [2.45, 2.75) is 11.8 Å². The molecule has 0 saturated carbocycles. The number of nitro groups is 2. The fourth-order valence-electron chi connectivity index (χ4n) is 3.24. The van der Waals surface area contributed by atoms with E-state index < -0.39 is 42.9 Å². The molecule has 1 amide bonds. The molecule has 0 atom stereocenters. The summed E-state index contributed by atoms with van der Waals surface area (Å²) >= 11 is 0. The summed E-state index contributed by atoms with van der Waals surface area (Å²) in [6, 6.07) is 14.9. The van der Waals surface area contributed by atoms with Crippen LogP contribution in [0.5, 0.6) is 5.75 Å². The minimum absolute atomic E-state index is 0.0851. The number of hydrogen-bond acceptors (Lipinski definition) is 9. The monoisotopic (exact) mass is 527 g/mol. The highest BCUT2D eigenvalue weighted by Gasteiger charge is 2.29. The molecule has 13 nitrogen and oxygen atoms in total. The van der Waals surface area contributed by atoms with Crippen molar-refractivity contribution in [3.05, 3.63) is 98.1 Å². The Morgan fingerprint density at radius 2 is 1.68 bits per heavy atom. The molecule has 0 aliphatic rings. The van der Waals surface area contributed by atoms with Gasteiger partial charge in [-0.2, -0.15) is 5.10 Å². The van der Waals surface area contributed by atoms with Crippen molar-refractivity contribution < 1.29 is 27.8 Å². The minimum atomic E-state index is -4.45. The molecule has 37 heavy (non-hydrogen) atoms. The molecule has 3 rings (SSSR count). The first kappa shape index (κ1) is 26.7. The summed E-state index contributed by atoms with van der Waals surface area (Å²) < 4.78 is 32.9. The second-order valence-electron chi connectivity index (χ2n) is 7.52. The lowest BCUT2D eigenvalue weighted by atomic mass is 10.2. The van der Waals surface area contributed by atoms with Gasteiger partial charge in [0, 0.05) is 17.7 Å². The van der Waals surface area contributed by atoms with Crippen LogP contribution >= 0.6 is 0 Å². The quantitative estimate of drug-likeness (QED) is 0.238. The van der Waals surface area contributed by atoms with Crippen molar-refractivity contribution in [1.82, 2.24) is 5.43 Å². The number of rotatable bonds is 10. The molecule has 3 aromatic carbocycles. The summed E-state index contributed by atoms with van der Waals surface area (Å²) in [6.07, 6.45) is 1.06. The zero-order valence-electron chi connectivity index (χ0n) is 19.6. The number of benzene rings is 3. The Kier molecular flexibility index (Phi) is 8.14. The van der Waals surface area contributed by atoms with Crippen LogP contribution in [0.2, 0.25) is 0 Å². The van der Waals surface area contributed by atoms with Gasteiger partial charge in [-0.1, -0.05) is 18.2 Å². The molecule has 1 N–H and O–H groups in total. The Morgan fingerprint density at radius 3 is 2.30 bits per heavy atom. The minimum Gasteiger partial charge on any atom is -0.497 e. The van der Waals surface area contributed by atoms with E-state index in [4.69, 9.17) is 4.74 Å². The number of aryl methyl sites for hydroxylation is 1. The van der Waals surface area contributed by atoms with E-state index in [1.165, 1.54) is 68.6 Å². The third-order valence-corrected chi connectivity index (χ3v) is 6.91. The Balaban J connectivity index is 1.93. The predicted molar refractivity (Wildman–Crippen MR) is 134 cm³/mol. The maximum absolute atomic E-state index is 13.5. The first-order valence-corrected chi connectivity index (χ1v) is 12.0. The molecule has 0 bridgehead atoms. The Hall–Kier alpha value is -4.85.